The predicted octanol–water partition coefficient (Wildman–Crippen LogP) is 1.26. The van der Waals surface area contributed by atoms with Crippen LogP contribution < -0.4 is 5.32 Å². The first-order chi connectivity index (χ1) is 8.06. The second kappa shape index (κ2) is 6.97. The minimum absolute atomic E-state index is 0.137. The van der Waals surface area contributed by atoms with Crippen LogP contribution in [0, 0.1) is 5.92 Å². The molecule has 0 aromatic carbocycles. The summed E-state index contributed by atoms with van der Waals surface area (Å²) in [6, 6.07) is 0.216. The number of hydrogen-bond acceptors (Lipinski definition) is 4. The molecule has 1 aliphatic rings. The molecular weight excluding hydrogens is 216 g/mol. The van der Waals surface area contributed by atoms with E-state index in [1.54, 1.807) is 0 Å². The largest absolute Gasteiger partial charge is 0.468 e. The van der Waals surface area contributed by atoms with Crippen molar-refractivity contribution in [3.05, 3.63) is 0 Å². The molecule has 4 heteroatoms. The molecule has 17 heavy (non-hydrogen) atoms. The number of methoxy groups -OCH3 is 1. The predicted molar refractivity (Wildman–Crippen MR) is 68.9 cm³/mol. The molecule has 2 unspecified atom stereocenters. The van der Waals surface area contributed by atoms with Crippen molar-refractivity contribution in [1.29, 1.82) is 0 Å². The maximum atomic E-state index is 11.6. The van der Waals surface area contributed by atoms with Crippen LogP contribution in [0.1, 0.15) is 33.6 Å². The monoisotopic (exact) mass is 242 g/mol. The van der Waals surface area contributed by atoms with E-state index < -0.39 is 0 Å². The van der Waals surface area contributed by atoms with Gasteiger partial charge in [-0.15, -0.1) is 0 Å². The van der Waals surface area contributed by atoms with Gasteiger partial charge in [-0.25, -0.2) is 0 Å². The number of hydrogen-bond donors (Lipinski definition) is 1. The van der Waals surface area contributed by atoms with Crippen LogP contribution in [0.15, 0.2) is 0 Å². The average molecular weight is 242 g/mol. The second-order valence-corrected chi connectivity index (χ2v) is 5.20. The van der Waals surface area contributed by atoms with E-state index in [2.05, 4.69) is 24.1 Å². The van der Waals surface area contributed by atoms with Gasteiger partial charge in [0.15, 0.2) is 0 Å². The van der Waals surface area contributed by atoms with E-state index >= 15 is 0 Å². The summed E-state index contributed by atoms with van der Waals surface area (Å²) in [7, 11) is 1.46. The van der Waals surface area contributed by atoms with Gasteiger partial charge >= 0.3 is 5.97 Å². The minimum Gasteiger partial charge on any atom is -0.468 e. The maximum Gasteiger partial charge on any atom is 0.322 e. The summed E-state index contributed by atoms with van der Waals surface area (Å²) >= 11 is 0. The lowest BCUT2D eigenvalue weighted by molar-refractivity contribution is -0.147. The van der Waals surface area contributed by atoms with Gasteiger partial charge in [-0.1, -0.05) is 0 Å². The van der Waals surface area contributed by atoms with E-state index in [0.29, 0.717) is 12.0 Å². The lowest BCUT2D eigenvalue weighted by Gasteiger charge is -2.35. The van der Waals surface area contributed by atoms with Crippen molar-refractivity contribution in [3.8, 4) is 0 Å². The van der Waals surface area contributed by atoms with Gasteiger partial charge in [-0.05, 0) is 52.6 Å². The normalized spacial score (nSPS) is 22.8. The SMILES string of the molecule is COC(=O)C(C)N(CC1CCCNC1)C(C)C. The fourth-order valence-corrected chi connectivity index (χ4v) is 2.50. The molecule has 100 valence electrons. The van der Waals surface area contributed by atoms with Crippen LogP contribution in [0.5, 0.6) is 0 Å². The highest BCUT2D eigenvalue weighted by Gasteiger charge is 2.27. The number of rotatable bonds is 5. The lowest BCUT2D eigenvalue weighted by atomic mass is 9.98. The van der Waals surface area contributed by atoms with Gasteiger partial charge in [0, 0.05) is 12.6 Å². The van der Waals surface area contributed by atoms with Gasteiger partial charge in [0.1, 0.15) is 6.04 Å². The van der Waals surface area contributed by atoms with Crippen molar-refractivity contribution in [1.82, 2.24) is 10.2 Å². The Kier molecular flexibility index (Phi) is 5.92. The molecule has 1 fully saturated rings. The first kappa shape index (κ1) is 14.5. The topological polar surface area (TPSA) is 41.6 Å². The van der Waals surface area contributed by atoms with Gasteiger partial charge in [0.25, 0.3) is 0 Å². The molecule has 1 N–H and O–H groups in total. The fraction of sp³-hybridized carbons (Fsp3) is 0.923. The molecule has 0 aromatic heterocycles. The Morgan fingerprint density at radius 2 is 2.18 bits per heavy atom. The molecule has 2 atom stereocenters. The van der Waals surface area contributed by atoms with Crippen LogP contribution >= 0.6 is 0 Å². The zero-order chi connectivity index (χ0) is 12.8. The Balaban J connectivity index is 2.55. The zero-order valence-corrected chi connectivity index (χ0v) is 11.5. The lowest BCUT2D eigenvalue weighted by Crippen LogP contribution is -2.48. The highest BCUT2D eigenvalue weighted by atomic mass is 16.5. The highest BCUT2D eigenvalue weighted by Crippen LogP contribution is 2.16. The number of carbonyl (C=O) groups is 1. The molecule has 1 saturated heterocycles. The number of nitrogens with one attached hydrogen (secondary N) is 1. The Bertz CT molecular complexity index is 238. The zero-order valence-electron chi connectivity index (χ0n) is 11.5. The summed E-state index contributed by atoms with van der Waals surface area (Å²) in [6.07, 6.45) is 2.49. The Labute approximate surface area is 105 Å². The first-order valence-corrected chi connectivity index (χ1v) is 6.60. The van der Waals surface area contributed by atoms with E-state index in [-0.39, 0.29) is 12.0 Å². The van der Waals surface area contributed by atoms with Crippen LogP contribution in [0.2, 0.25) is 0 Å². The third-order valence-electron chi connectivity index (χ3n) is 3.57. The summed E-state index contributed by atoms with van der Waals surface area (Å²) in [5.41, 5.74) is 0. The molecule has 0 amide bonds. The van der Waals surface area contributed by atoms with Crippen LogP contribution in [0.4, 0.5) is 0 Å². The maximum absolute atomic E-state index is 11.6. The third kappa shape index (κ3) is 4.28. The second-order valence-electron chi connectivity index (χ2n) is 5.20. The number of carbonyl (C=O) groups excluding carboxylic acids is 1. The molecule has 0 aliphatic carbocycles. The van der Waals surface area contributed by atoms with E-state index in [1.165, 1.54) is 20.0 Å². The summed E-state index contributed by atoms with van der Waals surface area (Å²) in [5, 5.41) is 3.42. The average Bonchev–Trinajstić information content (AvgIpc) is 2.35. The summed E-state index contributed by atoms with van der Waals surface area (Å²) in [4.78, 5) is 13.9. The molecule has 1 heterocycles. The van der Waals surface area contributed by atoms with Crippen LogP contribution in [-0.2, 0) is 9.53 Å². The Morgan fingerprint density at radius 1 is 1.47 bits per heavy atom. The van der Waals surface area contributed by atoms with E-state index in [1.807, 2.05) is 6.92 Å². The van der Waals surface area contributed by atoms with E-state index in [9.17, 15) is 4.79 Å². The van der Waals surface area contributed by atoms with E-state index in [4.69, 9.17) is 4.74 Å². The summed E-state index contributed by atoms with van der Waals surface area (Å²) < 4.78 is 4.84. The molecule has 1 aliphatic heterocycles. The van der Waals surface area contributed by atoms with Crippen LogP contribution in [0.25, 0.3) is 0 Å². The quantitative estimate of drug-likeness (QED) is 0.737. The third-order valence-corrected chi connectivity index (χ3v) is 3.57. The molecular formula is C13H26N2O2. The van der Waals surface area contributed by atoms with Crippen molar-refractivity contribution in [2.24, 2.45) is 5.92 Å². The number of esters is 1. The van der Waals surface area contributed by atoms with Crippen molar-refractivity contribution in [2.45, 2.75) is 45.7 Å². The summed E-state index contributed by atoms with van der Waals surface area (Å²) in [5.74, 6) is 0.515. The number of piperidine rings is 1. The Morgan fingerprint density at radius 3 is 2.65 bits per heavy atom. The van der Waals surface area contributed by atoms with Crippen molar-refractivity contribution >= 4 is 5.97 Å². The summed E-state index contributed by atoms with van der Waals surface area (Å²) in [6.45, 7) is 9.37. The van der Waals surface area contributed by atoms with Gasteiger partial charge in [0.2, 0.25) is 0 Å². The van der Waals surface area contributed by atoms with Gasteiger partial charge in [0.05, 0.1) is 7.11 Å². The number of nitrogens with zero attached hydrogens (tertiary/aromatic N) is 1. The smallest absolute Gasteiger partial charge is 0.322 e. The minimum atomic E-state index is -0.151. The van der Waals surface area contributed by atoms with E-state index in [0.717, 1.165) is 19.6 Å². The molecule has 0 spiro atoms. The fourth-order valence-electron chi connectivity index (χ4n) is 2.50. The van der Waals surface area contributed by atoms with Crippen LogP contribution in [0.3, 0.4) is 0 Å². The molecule has 0 bridgehead atoms. The van der Waals surface area contributed by atoms with Gasteiger partial charge in [-0.2, -0.15) is 0 Å². The molecule has 0 aromatic rings. The van der Waals surface area contributed by atoms with Crippen molar-refractivity contribution < 1.29 is 9.53 Å². The molecule has 0 saturated carbocycles. The highest BCUT2D eigenvalue weighted by molar-refractivity contribution is 5.75. The molecule has 4 nitrogen and oxygen atoms in total. The molecule has 1 rings (SSSR count). The standard InChI is InChI=1S/C13H26N2O2/c1-10(2)15(11(3)13(16)17-4)9-12-6-5-7-14-8-12/h10-12,14H,5-9H2,1-4H3. The molecule has 0 radical (unpaired) electrons. The first-order valence-electron chi connectivity index (χ1n) is 6.60. The Hall–Kier alpha value is -0.610. The van der Waals surface area contributed by atoms with Crippen molar-refractivity contribution in [3.63, 3.8) is 0 Å². The van der Waals surface area contributed by atoms with Crippen LogP contribution in [-0.4, -0.2) is 49.7 Å². The number of ether oxygens (including phenoxy) is 1. The van der Waals surface area contributed by atoms with Gasteiger partial charge in [-0.3, -0.25) is 9.69 Å². The van der Waals surface area contributed by atoms with Gasteiger partial charge < -0.3 is 10.1 Å². The van der Waals surface area contributed by atoms with Crippen molar-refractivity contribution in [2.75, 3.05) is 26.7 Å².